The lowest BCUT2D eigenvalue weighted by Gasteiger charge is -2.07. The van der Waals surface area contributed by atoms with E-state index in [0.717, 1.165) is 12.2 Å². The van der Waals surface area contributed by atoms with E-state index in [-0.39, 0.29) is 5.91 Å². The number of nitrogens with one attached hydrogen (secondary N) is 1. The summed E-state index contributed by atoms with van der Waals surface area (Å²) in [6.07, 6.45) is 0.751. The fraction of sp³-hybridized carbons (Fsp3) is 0.188. The molecule has 20 heavy (non-hydrogen) atoms. The molecule has 2 rings (SSSR count). The lowest BCUT2D eigenvalue weighted by Crippen LogP contribution is -2.25. The molecule has 1 amide bonds. The van der Waals surface area contributed by atoms with Crippen LogP contribution in [0.5, 0.6) is 5.75 Å². The van der Waals surface area contributed by atoms with Gasteiger partial charge in [-0.05, 0) is 36.8 Å². The van der Waals surface area contributed by atoms with Crippen LogP contribution in [0.15, 0.2) is 54.6 Å². The van der Waals surface area contributed by atoms with Crippen molar-refractivity contribution < 1.29 is 9.53 Å². The van der Waals surface area contributed by atoms with Crippen LogP contribution in [0, 0.1) is 0 Å². The molecule has 0 bridgehead atoms. The third kappa shape index (κ3) is 4.59. The fourth-order valence-electron chi connectivity index (χ4n) is 1.71. The van der Waals surface area contributed by atoms with Gasteiger partial charge in [0.1, 0.15) is 5.75 Å². The first kappa shape index (κ1) is 14.4. The Morgan fingerprint density at radius 3 is 2.65 bits per heavy atom. The summed E-state index contributed by atoms with van der Waals surface area (Å²) in [6.45, 7) is 1.14. The maximum absolute atomic E-state index is 11.8. The first-order chi connectivity index (χ1) is 9.75. The second-order valence-electron chi connectivity index (χ2n) is 4.28. The van der Waals surface area contributed by atoms with E-state index in [1.54, 1.807) is 24.3 Å². The van der Waals surface area contributed by atoms with Crippen LogP contribution in [-0.4, -0.2) is 19.1 Å². The van der Waals surface area contributed by atoms with Gasteiger partial charge in [-0.15, -0.1) is 0 Å². The fourth-order valence-corrected chi connectivity index (χ4v) is 1.90. The monoisotopic (exact) mass is 289 g/mol. The van der Waals surface area contributed by atoms with Gasteiger partial charge in [0.25, 0.3) is 5.91 Å². The lowest BCUT2D eigenvalue weighted by atomic mass is 10.2. The number of hydrogen-bond acceptors (Lipinski definition) is 2. The summed E-state index contributed by atoms with van der Waals surface area (Å²) in [7, 11) is 0. The normalized spacial score (nSPS) is 10.1. The molecule has 3 nitrogen and oxygen atoms in total. The second kappa shape index (κ2) is 7.56. The highest BCUT2D eigenvalue weighted by Crippen LogP contribution is 2.10. The van der Waals surface area contributed by atoms with Crippen LogP contribution in [0.2, 0.25) is 5.02 Å². The smallest absolute Gasteiger partial charge is 0.251 e. The minimum atomic E-state index is -0.118. The van der Waals surface area contributed by atoms with Crippen molar-refractivity contribution in [2.75, 3.05) is 13.2 Å². The van der Waals surface area contributed by atoms with E-state index in [1.807, 2.05) is 30.3 Å². The molecule has 0 aliphatic rings. The second-order valence-corrected chi connectivity index (χ2v) is 4.72. The molecular weight excluding hydrogens is 274 g/mol. The number of rotatable bonds is 6. The molecular formula is C16H16ClNO2. The summed E-state index contributed by atoms with van der Waals surface area (Å²) in [4.78, 5) is 11.8. The minimum absolute atomic E-state index is 0.118. The van der Waals surface area contributed by atoms with Crippen molar-refractivity contribution in [3.05, 3.63) is 65.2 Å². The topological polar surface area (TPSA) is 38.3 Å². The number of ether oxygens (including phenoxy) is 1. The van der Waals surface area contributed by atoms with Gasteiger partial charge in [0, 0.05) is 17.1 Å². The van der Waals surface area contributed by atoms with Crippen LogP contribution in [0.25, 0.3) is 0 Å². The first-order valence-corrected chi connectivity index (χ1v) is 6.85. The molecule has 0 atom stereocenters. The maximum atomic E-state index is 11.8. The summed E-state index contributed by atoms with van der Waals surface area (Å²) in [5.41, 5.74) is 0.571. The summed E-state index contributed by atoms with van der Waals surface area (Å²) >= 11 is 5.84. The van der Waals surface area contributed by atoms with Gasteiger partial charge in [0.2, 0.25) is 0 Å². The predicted octanol–water partition coefficient (Wildman–Crippen LogP) is 3.54. The molecule has 2 aromatic carbocycles. The molecule has 4 heteroatoms. The van der Waals surface area contributed by atoms with Crippen LogP contribution in [-0.2, 0) is 0 Å². The third-order valence-electron chi connectivity index (χ3n) is 2.71. The molecule has 0 aliphatic heterocycles. The van der Waals surface area contributed by atoms with Crippen LogP contribution in [0.4, 0.5) is 0 Å². The quantitative estimate of drug-likeness (QED) is 0.826. The van der Waals surface area contributed by atoms with E-state index < -0.39 is 0 Å². The van der Waals surface area contributed by atoms with Crippen molar-refractivity contribution in [3.8, 4) is 5.75 Å². The van der Waals surface area contributed by atoms with Crippen molar-refractivity contribution >= 4 is 17.5 Å². The number of benzene rings is 2. The van der Waals surface area contributed by atoms with E-state index in [1.165, 1.54) is 0 Å². The largest absolute Gasteiger partial charge is 0.494 e. The Bertz CT molecular complexity index is 557. The average molecular weight is 290 g/mol. The van der Waals surface area contributed by atoms with Gasteiger partial charge in [0.15, 0.2) is 0 Å². The summed E-state index contributed by atoms with van der Waals surface area (Å²) in [5, 5.41) is 3.40. The molecule has 0 aliphatic carbocycles. The van der Waals surface area contributed by atoms with Crippen molar-refractivity contribution in [1.82, 2.24) is 5.32 Å². The Labute approximate surface area is 123 Å². The zero-order valence-corrected chi connectivity index (χ0v) is 11.8. The molecule has 2 aromatic rings. The van der Waals surface area contributed by atoms with Gasteiger partial charge >= 0.3 is 0 Å². The third-order valence-corrected chi connectivity index (χ3v) is 2.94. The standard InChI is InChI=1S/C16H16ClNO2/c17-14-7-4-6-13(12-14)16(19)18-10-5-11-20-15-8-2-1-3-9-15/h1-4,6-9,12H,5,10-11H2,(H,18,19). The molecule has 1 N–H and O–H groups in total. The molecule has 0 radical (unpaired) electrons. The Morgan fingerprint density at radius 2 is 1.90 bits per heavy atom. The van der Waals surface area contributed by atoms with Crippen LogP contribution < -0.4 is 10.1 Å². The van der Waals surface area contributed by atoms with E-state index in [4.69, 9.17) is 16.3 Å². The summed E-state index contributed by atoms with van der Waals surface area (Å²) < 4.78 is 5.54. The van der Waals surface area contributed by atoms with Gasteiger partial charge in [-0.2, -0.15) is 0 Å². The highest BCUT2D eigenvalue weighted by atomic mass is 35.5. The molecule has 0 fully saturated rings. The van der Waals surface area contributed by atoms with Gasteiger partial charge in [-0.25, -0.2) is 0 Å². The highest BCUT2D eigenvalue weighted by molar-refractivity contribution is 6.30. The van der Waals surface area contributed by atoms with Crippen LogP contribution >= 0.6 is 11.6 Å². The molecule has 104 valence electrons. The molecule has 0 saturated carbocycles. The minimum Gasteiger partial charge on any atom is -0.494 e. The Kier molecular flexibility index (Phi) is 5.44. The molecule has 0 unspecified atom stereocenters. The van der Waals surface area contributed by atoms with Gasteiger partial charge in [-0.3, -0.25) is 4.79 Å². The van der Waals surface area contributed by atoms with Gasteiger partial charge in [-0.1, -0.05) is 35.9 Å². The van der Waals surface area contributed by atoms with Crippen molar-refractivity contribution in [2.24, 2.45) is 0 Å². The predicted molar refractivity (Wildman–Crippen MR) is 80.3 cm³/mol. The van der Waals surface area contributed by atoms with Crippen molar-refractivity contribution in [3.63, 3.8) is 0 Å². The molecule has 0 spiro atoms. The lowest BCUT2D eigenvalue weighted by molar-refractivity contribution is 0.0951. The van der Waals surface area contributed by atoms with Crippen LogP contribution in [0.3, 0.4) is 0 Å². The molecule has 0 saturated heterocycles. The van der Waals surface area contributed by atoms with Gasteiger partial charge < -0.3 is 10.1 Å². The average Bonchev–Trinajstić information content (AvgIpc) is 2.48. The number of hydrogen-bond donors (Lipinski definition) is 1. The SMILES string of the molecule is O=C(NCCCOc1ccccc1)c1cccc(Cl)c1. The van der Waals surface area contributed by atoms with E-state index in [2.05, 4.69) is 5.32 Å². The van der Waals surface area contributed by atoms with E-state index >= 15 is 0 Å². The number of amides is 1. The van der Waals surface area contributed by atoms with E-state index in [0.29, 0.717) is 23.7 Å². The number of carbonyl (C=O) groups excluding carboxylic acids is 1. The summed E-state index contributed by atoms with van der Waals surface area (Å²) in [5.74, 6) is 0.723. The number of halogens is 1. The zero-order chi connectivity index (χ0) is 14.2. The van der Waals surface area contributed by atoms with Gasteiger partial charge in [0.05, 0.1) is 6.61 Å². The zero-order valence-electron chi connectivity index (χ0n) is 11.0. The first-order valence-electron chi connectivity index (χ1n) is 6.47. The molecule has 0 heterocycles. The maximum Gasteiger partial charge on any atom is 0.251 e. The van der Waals surface area contributed by atoms with Crippen molar-refractivity contribution in [1.29, 1.82) is 0 Å². The molecule has 0 aromatic heterocycles. The summed E-state index contributed by atoms with van der Waals surface area (Å²) in [6, 6.07) is 16.5. The van der Waals surface area contributed by atoms with Crippen LogP contribution in [0.1, 0.15) is 16.8 Å². The highest BCUT2D eigenvalue weighted by Gasteiger charge is 2.04. The number of para-hydroxylation sites is 1. The Balaban J connectivity index is 1.67. The Morgan fingerprint density at radius 1 is 1.10 bits per heavy atom. The number of carbonyl (C=O) groups is 1. The Hall–Kier alpha value is -2.00. The van der Waals surface area contributed by atoms with E-state index in [9.17, 15) is 4.79 Å². The van der Waals surface area contributed by atoms with Crippen molar-refractivity contribution in [2.45, 2.75) is 6.42 Å².